The summed E-state index contributed by atoms with van der Waals surface area (Å²) < 4.78 is 0. The average molecular weight is 288 g/mol. The van der Waals surface area contributed by atoms with Crippen molar-refractivity contribution in [2.45, 2.75) is 6.92 Å². The first-order valence-electron chi connectivity index (χ1n) is 5.48. The predicted octanol–water partition coefficient (Wildman–Crippen LogP) is 3.71. The third-order valence-electron chi connectivity index (χ3n) is 2.48. The second-order valence-corrected chi connectivity index (χ2v) is 4.93. The molecule has 0 heterocycles. The minimum Gasteiger partial charge on any atom is -0.481 e. The van der Waals surface area contributed by atoms with E-state index in [0.29, 0.717) is 23.1 Å². The molecule has 1 aromatic rings. The van der Waals surface area contributed by atoms with Crippen LogP contribution in [0.3, 0.4) is 0 Å². The number of hydrogen-bond acceptors (Lipinski definition) is 2. The molecule has 0 bridgehead atoms. The van der Waals surface area contributed by atoms with Gasteiger partial charge in [0, 0.05) is 28.8 Å². The molecule has 0 saturated heterocycles. The van der Waals surface area contributed by atoms with E-state index in [4.69, 9.17) is 28.3 Å². The van der Waals surface area contributed by atoms with Crippen molar-refractivity contribution in [1.29, 1.82) is 0 Å². The number of aliphatic carboxylic acids is 1. The van der Waals surface area contributed by atoms with Gasteiger partial charge in [-0.3, -0.25) is 4.79 Å². The second-order valence-electron chi connectivity index (χ2n) is 4.06. The van der Waals surface area contributed by atoms with Crippen LogP contribution in [-0.4, -0.2) is 24.2 Å². The van der Waals surface area contributed by atoms with Gasteiger partial charge in [-0.05, 0) is 18.2 Å². The molecule has 0 aromatic heterocycles. The molecule has 0 fully saturated rings. The lowest BCUT2D eigenvalue weighted by Gasteiger charge is -2.25. The molecule has 98 valence electrons. The highest BCUT2D eigenvalue weighted by Gasteiger charge is 2.16. The molecule has 0 aliphatic carbocycles. The normalized spacial score (nSPS) is 11.9. The van der Waals surface area contributed by atoms with E-state index in [0.717, 1.165) is 5.69 Å². The molecular formula is C13H15Cl2NO2. The number of carbonyl (C=O) groups is 1. The highest BCUT2D eigenvalue weighted by atomic mass is 35.5. The minimum absolute atomic E-state index is 0.373. The van der Waals surface area contributed by atoms with Crippen molar-refractivity contribution >= 4 is 34.9 Å². The summed E-state index contributed by atoms with van der Waals surface area (Å²) in [5.41, 5.74) is 0.792. The maximum absolute atomic E-state index is 10.9. The molecule has 1 unspecified atom stereocenters. The van der Waals surface area contributed by atoms with E-state index in [1.807, 2.05) is 4.90 Å². The lowest BCUT2D eigenvalue weighted by molar-refractivity contribution is -0.140. The van der Waals surface area contributed by atoms with Gasteiger partial charge in [0.2, 0.25) is 0 Å². The van der Waals surface area contributed by atoms with Crippen LogP contribution in [0, 0.1) is 5.92 Å². The quantitative estimate of drug-likeness (QED) is 0.811. The van der Waals surface area contributed by atoms with Gasteiger partial charge in [0.1, 0.15) is 0 Å². The molecule has 0 amide bonds. The Kier molecular flexibility index (Phi) is 5.51. The van der Waals surface area contributed by atoms with Crippen LogP contribution in [-0.2, 0) is 4.79 Å². The van der Waals surface area contributed by atoms with Gasteiger partial charge in [0.15, 0.2) is 0 Å². The molecule has 0 aliphatic heterocycles. The Morgan fingerprint density at radius 2 is 2.00 bits per heavy atom. The molecule has 0 saturated carbocycles. The van der Waals surface area contributed by atoms with Crippen LogP contribution >= 0.6 is 23.2 Å². The number of rotatable bonds is 6. The summed E-state index contributed by atoms with van der Waals surface area (Å²) in [5.74, 6) is -1.32. The Balaban J connectivity index is 2.96. The summed E-state index contributed by atoms with van der Waals surface area (Å²) >= 11 is 11.9. The molecule has 1 rings (SSSR count). The van der Waals surface area contributed by atoms with Gasteiger partial charge in [0.25, 0.3) is 0 Å². The first-order chi connectivity index (χ1) is 8.43. The highest BCUT2D eigenvalue weighted by molar-refractivity contribution is 6.35. The molecule has 3 nitrogen and oxygen atoms in total. The van der Waals surface area contributed by atoms with Crippen LogP contribution in [0.15, 0.2) is 30.9 Å². The molecule has 18 heavy (non-hydrogen) atoms. The maximum atomic E-state index is 10.9. The van der Waals surface area contributed by atoms with E-state index in [1.54, 1.807) is 31.2 Å². The van der Waals surface area contributed by atoms with Crippen LogP contribution < -0.4 is 4.90 Å². The fraction of sp³-hybridized carbons (Fsp3) is 0.308. The lowest BCUT2D eigenvalue weighted by atomic mass is 10.1. The highest BCUT2D eigenvalue weighted by Crippen LogP contribution is 2.26. The Bertz CT molecular complexity index is 428. The van der Waals surface area contributed by atoms with E-state index in [2.05, 4.69) is 6.58 Å². The molecular weight excluding hydrogens is 273 g/mol. The average Bonchev–Trinajstić information content (AvgIpc) is 2.26. The predicted molar refractivity (Wildman–Crippen MR) is 75.7 cm³/mol. The number of anilines is 1. The van der Waals surface area contributed by atoms with Crippen molar-refractivity contribution in [3.63, 3.8) is 0 Å². The molecule has 0 aliphatic rings. The summed E-state index contributed by atoms with van der Waals surface area (Å²) in [6.45, 7) is 6.23. The molecule has 0 spiro atoms. The van der Waals surface area contributed by atoms with Crippen LogP contribution in [0.4, 0.5) is 5.69 Å². The number of halogens is 2. The van der Waals surface area contributed by atoms with E-state index in [9.17, 15) is 4.79 Å². The first-order valence-corrected chi connectivity index (χ1v) is 6.24. The largest absolute Gasteiger partial charge is 0.481 e. The number of nitrogens with zero attached hydrogens (tertiary/aromatic N) is 1. The van der Waals surface area contributed by atoms with E-state index in [1.165, 1.54) is 0 Å². The summed E-state index contributed by atoms with van der Waals surface area (Å²) in [6.07, 6.45) is 1.71. The number of benzene rings is 1. The zero-order valence-electron chi connectivity index (χ0n) is 10.1. The summed E-state index contributed by atoms with van der Waals surface area (Å²) in [4.78, 5) is 12.8. The van der Waals surface area contributed by atoms with E-state index in [-0.39, 0.29) is 0 Å². The van der Waals surface area contributed by atoms with Crippen molar-refractivity contribution in [2.24, 2.45) is 5.92 Å². The van der Waals surface area contributed by atoms with Crippen LogP contribution in [0.25, 0.3) is 0 Å². The van der Waals surface area contributed by atoms with Crippen molar-refractivity contribution in [3.05, 3.63) is 40.9 Å². The van der Waals surface area contributed by atoms with Crippen molar-refractivity contribution in [1.82, 2.24) is 0 Å². The fourth-order valence-corrected chi connectivity index (χ4v) is 2.09. The zero-order valence-corrected chi connectivity index (χ0v) is 11.6. The second kappa shape index (κ2) is 6.66. The summed E-state index contributed by atoms with van der Waals surface area (Å²) in [6, 6.07) is 5.15. The zero-order chi connectivity index (χ0) is 13.7. The Labute approximate surface area is 117 Å². The molecule has 1 aromatic carbocycles. The minimum atomic E-state index is -0.836. The lowest BCUT2D eigenvalue weighted by Crippen LogP contribution is -2.32. The van der Waals surface area contributed by atoms with Crippen molar-refractivity contribution < 1.29 is 9.90 Å². The Morgan fingerprint density at radius 3 is 2.44 bits per heavy atom. The molecule has 1 N–H and O–H groups in total. The van der Waals surface area contributed by atoms with Gasteiger partial charge in [-0.25, -0.2) is 0 Å². The van der Waals surface area contributed by atoms with Crippen LogP contribution in [0.1, 0.15) is 6.92 Å². The summed E-state index contributed by atoms with van der Waals surface area (Å²) in [7, 11) is 0. The van der Waals surface area contributed by atoms with Gasteiger partial charge in [-0.1, -0.05) is 36.2 Å². The Morgan fingerprint density at radius 1 is 1.44 bits per heavy atom. The third kappa shape index (κ3) is 4.24. The smallest absolute Gasteiger partial charge is 0.308 e. The number of carboxylic acid groups (broad SMARTS) is 1. The molecule has 1 atom stereocenters. The van der Waals surface area contributed by atoms with Crippen molar-refractivity contribution in [2.75, 3.05) is 18.0 Å². The monoisotopic (exact) mass is 287 g/mol. The first kappa shape index (κ1) is 14.9. The number of hydrogen-bond donors (Lipinski definition) is 1. The van der Waals surface area contributed by atoms with Gasteiger partial charge < -0.3 is 10.0 Å². The van der Waals surface area contributed by atoms with Gasteiger partial charge in [0.05, 0.1) is 5.92 Å². The number of carboxylic acids is 1. The topological polar surface area (TPSA) is 40.5 Å². The summed E-state index contributed by atoms with van der Waals surface area (Å²) in [5, 5.41) is 10.00. The van der Waals surface area contributed by atoms with E-state index < -0.39 is 11.9 Å². The molecule has 5 heteroatoms. The SMILES string of the molecule is C=CCN(CC(C)C(=O)O)c1cc(Cl)cc(Cl)c1. The third-order valence-corrected chi connectivity index (χ3v) is 2.91. The Hall–Kier alpha value is -1.19. The molecule has 0 radical (unpaired) electrons. The fourth-order valence-electron chi connectivity index (χ4n) is 1.57. The van der Waals surface area contributed by atoms with Gasteiger partial charge >= 0.3 is 5.97 Å². The van der Waals surface area contributed by atoms with E-state index >= 15 is 0 Å². The van der Waals surface area contributed by atoms with Crippen LogP contribution in [0.5, 0.6) is 0 Å². The van der Waals surface area contributed by atoms with Crippen molar-refractivity contribution in [3.8, 4) is 0 Å². The maximum Gasteiger partial charge on any atom is 0.308 e. The van der Waals surface area contributed by atoms with Crippen LogP contribution in [0.2, 0.25) is 10.0 Å². The van der Waals surface area contributed by atoms with Gasteiger partial charge in [-0.2, -0.15) is 0 Å². The standard InChI is InChI=1S/C13H15Cl2NO2/c1-3-4-16(8-9(2)13(17)18)12-6-10(14)5-11(15)7-12/h3,5-7,9H,1,4,8H2,2H3,(H,17,18). The van der Waals surface area contributed by atoms with Gasteiger partial charge in [-0.15, -0.1) is 6.58 Å².